The van der Waals surface area contributed by atoms with Gasteiger partial charge < -0.3 is 24.8 Å². The van der Waals surface area contributed by atoms with Crippen LogP contribution < -0.4 is 0 Å². The third kappa shape index (κ3) is 2.24. The lowest BCUT2D eigenvalue weighted by molar-refractivity contribution is -0.352. The summed E-state index contributed by atoms with van der Waals surface area (Å²) in [6, 6.07) is 0. The van der Waals surface area contributed by atoms with Crippen LogP contribution in [0.5, 0.6) is 0 Å². The zero-order valence-corrected chi connectivity index (χ0v) is 9.34. The van der Waals surface area contributed by atoms with Crippen LogP contribution in [0.25, 0.3) is 0 Å². The van der Waals surface area contributed by atoms with Crippen LogP contribution in [0.15, 0.2) is 0 Å². The molecule has 0 saturated carbocycles. The van der Waals surface area contributed by atoms with Crippen molar-refractivity contribution < 1.29 is 24.8 Å². The van der Waals surface area contributed by atoms with Gasteiger partial charge in [0.25, 0.3) is 0 Å². The van der Waals surface area contributed by atoms with Gasteiger partial charge in [0.2, 0.25) is 0 Å². The van der Waals surface area contributed by atoms with Crippen LogP contribution >= 0.6 is 0 Å². The number of rotatable bonds is 2. The summed E-state index contributed by atoms with van der Waals surface area (Å²) in [6.45, 7) is 0.569. The fraction of sp³-hybridized carbons (Fsp3) is 1.00. The predicted molar refractivity (Wildman–Crippen MR) is 55.7 cm³/mol. The van der Waals surface area contributed by atoms with Gasteiger partial charge in [0, 0.05) is 19.4 Å². The Kier molecular flexibility index (Phi) is 3.81. The minimum absolute atomic E-state index is 0.0174. The second-order valence-electron chi connectivity index (χ2n) is 4.62. The van der Waals surface area contributed by atoms with Crippen LogP contribution in [0, 0.1) is 0 Å². The lowest BCUT2D eigenvalue weighted by Gasteiger charge is -2.48. The predicted octanol–water partition coefficient (Wildman–Crippen LogP) is -0.224. The molecule has 2 aliphatic heterocycles. The van der Waals surface area contributed by atoms with Crippen molar-refractivity contribution in [3.8, 4) is 0 Å². The van der Waals surface area contributed by atoms with Gasteiger partial charge in [0.05, 0.1) is 18.8 Å². The molecule has 94 valence electrons. The van der Waals surface area contributed by atoms with Crippen molar-refractivity contribution in [1.82, 2.24) is 0 Å². The molecule has 0 aromatic heterocycles. The molecular weight excluding hydrogens is 212 g/mol. The highest BCUT2D eigenvalue weighted by molar-refractivity contribution is 4.93. The third-order valence-electron chi connectivity index (χ3n) is 3.40. The molecule has 0 bridgehead atoms. The van der Waals surface area contributed by atoms with Gasteiger partial charge in [-0.25, -0.2) is 0 Å². The van der Waals surface area contributed by atoms with Crippen molar-refractivity contribution >= 4 is 0 Å². The van der Waals surface area contributed by atoms with Crippen molar-refractivity contribution in [2.45, 2.75) is 56.2 Å². The molecule has 2 saturated heterocycles. The van der Waals surface area contributed by atoms with E-state index in [-0.39, 0.29) is 12.7 Å². The third-order valence-corrected chi connectivity index (χ3v) is 3.40. The summed E-state index contributed by atoms with van der Waals surface area (Å²) in [6.07, 6.45) is 1.26. The highest BCUT2D eigenvalue weighted by Gasteiger charge is 2.50. The van der Waals surface area contributed by atoms with Crippen LogP contribution in [0.2, 0.25) is 0 Å². The quantitative estimate of drug-likeness (QED) is 0.613. The Balaban J connectivity index is 2.08. The molecule has 0 aromatic rings. The average molecular weight is 232 g/mol. The first-order valence-corrected chi connectivity index (χ1v) is 5.97. The highest BCUT2D eigenvalue weighted by atomic mass is 16.7. The molecule has 5 heteroatoms. The standard InChI is InChI=1S/C11H20O5/c12-5-3-8-7-9(13)10(14)11(16-8)4-1-2-6-15-11/h8-10,12-14H,1-7H2/t8-,9+,10-,11-/m0/s1. The molecule has 0 aromatic carbocycles. The summed E-state index contributed by atoms with van der Waals surface area (Å²) in [5.41, 5.74) is 0. The Morgan fingerprint density at radius 1 is 1.25 bits per heavy atom. The maximum absolute atomic E-state index is 9.98. The van der Waals surface area contributed by atoms with Crippen molar-refractivity contribution in [2.75, 3.05) is 13.2 Å². The Morgan fingerprint density at radius 3 is 2.69 bits per heavy atom. The molecule has 16 heavy (non-hydrogen) atoms. The smallest absolute Gasteiger partial charge is 0.197 e. The van der Waals surface area contributed by atoms with Gasteiger partial charge in [0.15, 0.2) is 5.79 Å². The number of hydrogen-bond acceptors (Lipinski definition) is 5. The monoisotopic (exact) mass is 232 g/mol. The minimum atomic E-state index is -1.05. The lowest BCUT2D eigenvalue weighted by atomic mass is 9.89. The van der Waals surface area contributed by atoms with Crippen LogP contribution in [-0.2, 0) is 9.47 Å². The first-order chi connectivity index (χ1) is 7.68. The van der Waals surface area contributed by atoms with Crippen molar-refractivity contribution in [1.29, 1.82) is 0 Å². The van der Waals surface area contributed by atoms with Crippen LogP contribution in [0.1, 0.15) is 32.1 Å². The van der Waals surface area contributed by atoms with E-state index < -0.39 is 18.0 Å². The molecule has 0 aliphatic carbocycles. The molecule has 5 nitrogen and oxygen atoms in total. The Labute approximate surface area is 95.0 Å². The lowest BCUT2D eigenvalue weighted by Crippen LogP contribution is -2.60. The molecule has 0 unspecified atom stereocenters. The Bertz CT molecular complexity index is 226. The summed E-state index contributed by atoms with van der Waals surface area (Å²) in [5.74, 6) is -1.05. The second-order valence-corrected chi connectivity index (χ2v) is 4.62. The largest absolute Gasteiger partial charge is 0.396 e. The van der Waals surface area contributed by atoms with E-state index in [1.54, 1.807) is 0 Å². The summed E-state index contributed by atoms with van der Waals surface area (Å²) < 4.78 is 11.3. The van der Waals surface area contributed by atoms with Gasteiger partial charge in [-0.1, -0.05) is 0 Å². The Morgan fingerprint density at radius 2 is 2.06 bits per heavy atom. The summed E-state index contributed by atoms with van der Waals surface area (Å²) in [7, 11) is 0. The molecular formula is C11H20O5. The zero-order chi connectivity index (χ0) is 11.6. The molecule has 3 N–H and O–H groups in total. The number of hydrogen-bond donors (Lipinski definition) is 3. The normalized spacial score (nSPS) is 44.8. The van der Waals surface area contributed by atoms with E-state index >= 15 is 0 Å². The van der Waals surface area contributed by atoms with Gasteiger partial charge in [-0.3, -0.25) is 0 Å². The molecule has 4 atom stereocenters. The van der Waals surface area contributed by atoms with Crippen LogP contribution in [0.3, 0.4) is 0 Å². The zero-order valence-electron chi connectivity index (χ0n) is 9.34. The number of aliphatic hydroxyl groups is 3. The van der Waals surface area contributed by atoms with Gasteiger partial charge >= 0.3 is 0 Å². The van der Waals surface area contributed by atoms with E-state index in [0.29, 0.717) is 25.9 Å². The van der Waals surface area contributed by atoms with E-state index in [9.17, 15) is 10.2 Å². The van der Waals surface area contributed by atoms with E-state index in [2.05, 4.69) is 0 Å². The van der Waals surface area contributed by atoms with E-state index in [1.165, 1.54) is 0 Å². The Hall–Kier alpha value is -0.200. The van der Waals surface area contributed by atoms with Crippen molar-refractivity contribution in [2.24, 2.45) is 0 Å². The molecule has 2 heterocycles. The van der Waals surface area contributed by atoms with E-state index in [0.717, 1.165) is 12.8 Å². The molecule has 0 radical (unpaired) electrons. The SMILES string of the molecule is OCC[C@H]1C[C@@H](O)[C@H](O)[C@]2(CCCCO2)O1. The van der Waals surface area contributed by atoms with Crippen molar-refractivity contribution in [3.63, 3.8) is 0 Å². The topological polar surface area (TPSA) is 79.2 Å². The summed E-state index contributed by atoms with van der Waals surface area (Å²) in [4.78, 5) is 0. The molecule has 0 amide bonds. The van der Waals surface area contributed by atoms with E-state index in [1.807, 2.05) is 0 Å². The second kappa shape index (κ2) is 4.98. The molecule has 2 rings (SSSR count). The maximum atomic E-state index is 9.98. The van der Waals surface area contributed by atoms with Crippen molar-refractivity contribution in [3.05, 3.63) is 0 Å². The highest BCUT2D eigenvalue weighted by Crippen LogP contribution is 2.38. The van der Waals surface area contributed by atoms with Gasteiger partial charge in [0.1, 0.15) is 6.10 Å². The summed E-state index contributed by atoms with van der Waals surface area (Å²) >= 11 is 0. The first kappa shape index (κ1) is 12.3. The average Bonchev–Trinajstić information content (AvgIpc) is 2.28. The summed E-state index contributed by atoms with van der Waals surface area (Å²) in [5, 5.41) is 28.7. The number of ether oxygens (including phenoxy) is 2. The fourth-order valence-corrected chi connectivity index (χ4v) is 2.53. The fourth-order valence-electron chi connectivity index (χ4n) is 2.53. The van der Waals surface area contributed by atoms with Crippen LogP contribution in [-0.4, -0.2) is 52.6 Å². The van der Waals surface area contributed by atoms with Gasteiger partial charge in [-0.05, 0) is 19.3 Å². The van der Waals surface area contributed by atoms with Crippen LogP contribution in [0.4, 0.5) is 0 Å². The molecule has 1 spiro atoms. The maximum Gasteiger partial charge on any atom is 0.197 e. The molecule has 2 aliphatic rings. The van der Waals surface area contributed by atoms with Gasteiger partial charge in [-0.2, -0.15) is 0 Å². The van der Waals surface area contributed by atoms with Gasteiger partial charge in [-0.15, -0.1) is 0 Å². The minimum Gasteiger partial charge on any atom is -0.396 e. The first-order valence-electron chi connectivity index (χ1n) is 5.97. The van der Waals surface area contributed by atoms with E-state index in [4.69, 9.17) is 14.6 Å². The molecule has 2 fully saturated rings. The number of aliphatic hydroxyl groups excluding tert-OH is 3.